The summed E-state index contributed by atoms with van der Waals surface area (Å²) in [5.74, 6) is 0. The number of rotatable bonds is 8. The fraction of sp³-hybridized carbons (Fsp3) is 0.500. The third-order valence-corrected chi connectivity index (χ3v) is 3.73. The van der Waals surface area contributed by atoms with Crippen molar-refractivity contribution in [2.24, 2.45) is 0 Å². The van der Waals surface area contributed by atoms with Gasteiger partial charge < -0.3 is 19.9 Å². The topological polar surface area (TPSA) is 57.4 Å². The molecule has 5 nitrogen and oxygen atoms in total. The number of fused-ring (bicyclic) bond motifs is 1. The number of hydrogen-bond donors (Lipinski definition) is 2. The zero-order valence-electron chi connectivity index (χ0n) is 14.3. The number of nitrogens with zero attached hydrogens (tertiary/aromatic N) is 1. The molecule has 5 heteroatoms. The van der Waals surface area contributed by atoms with Crippen molar-refractivity contribution in [2.75, 3.05) is 27.2 Å². The van der Waals surface area contributed by atoms with Crippen LogP contribution in [0.15, 0.2) is 24.4 Å². The monoisotopic (exact) mass is 317 g/mol. The number of unbranched alkanes of at least 4 members (excludes halogenated alkanes) is 1. The number of aromatic nitrogens is 1. The maximum atomic E-state index is 11.5. The number of alkyl carbamates (subject to hydrolysis) is 1. The van der Waals surface area contributed by atoms with E-state index >= 15 is 0 Å². The van der Waals surface area contributed by atoms with Crippen molar-refractivity contribution < 1.29 is 9.53 Å². The highest BCUT2D eigenvalue weighted by Gasteiger charge is 2.07. The van der Waals surface area contributed by atoms with Crippen LogP contribution in [0.2, 0.25) is 0 Å². The molecule has 0 bridgehead atoms. The Bertz CT molecular complexity index is 634. The minimum absolute atomic E-state index is 0.327. The predicted octanol–water partition coefficient (Wildman–Crippen LogP) is 3.30. The number of aromatic amines is 1. The average molecular weight is 317 g/mol. The molecule has 1 heterocycles. The fourth-order valence-corrected chi connectivity index (χ4v) is 2.56. The summed E-state index contributed by atoms with van der Waals surface area (Å²) in [6.45, 7) is 4.06. The molecule has 0 atom stereocenters. The van der Waals surface area contributed by atoms with Gasteiger partial charge in [-0.05, 0) is 50.2 Å². The zero-order chi connectivity index (χ0) is 16.7. The Hall–Kier alpha value is -2.01. The van der Waals surface area contributed by atoms with E-state index in [0.717, 1.165) is 31.3 Å². The second-order valence-electron chi connectivity index (χ2n) is 6.10. The summed E-state index contributed by atoms with van der Waals surface area (Å²) >= 11 is 0. The molecule has 1 aromatic heterocycles. The van der Waals surface area contributed by atoms with Gasteiger partial charge in [0.1, 0.15) is 0 Å². The van der Waals surface area contributed by atoms with E-state index in [1.54, 1.807) is 0 Å². The molecule has 0 aliphatic heterocycles. The third-order valence-electron chi connectivity index (χ3n) is 3.73. The largest absolute Gasteiger partial charge is 0.450 e. The van der Waals surface area contributed by atoms with E-state index in [9.17, 15) is 4.79 Å². The van der Waals surface area contributed by atoms with Crippen molar-refractivity contribution in [1.29, 1.82) is 0 Å². The molecular formula is C18H27N3O2. The van der Waals surface area contributed by atoms with Crippen LogP contribution >= 0.6 is 0 Å². The molecule has 2 aromatic rings. The minimum Gasteiger partial charge on any atom is -0.450 e. The number of H-pyrrole nitrogens is 1. The average Bonchev–Trinajstić information content (AvgIpc) is 2.90. The number of hydrogen-bond acceptors (Lipinski definition) is 3. The molecule has 0 spiro atoms. The van der Waals surface area contributed by atoms with Crippen LogP contribution in [0.4, 0.5) is 4.79 Å². The molecule has 2 rings (SSSR count). The quantitative estimate of drug-likeness (QED) is 0.735. The summed E-state index contributed by atoms with van der Waals surface area (Å²) in [4.78, 5) is 17.0. The highest BCUT2D eigenvalue weighted by atomic mass is 16.5. The summed E-state index contributed by atoms with van der Waals surface area (Å²) in [6.07, 6.45) is 4.41. The number of benzene rings is 1. The molecule has 2 N–H and O–H groups in total. The molecule has 0 aliphatic rings. The first kappa shape index (κ1) is 17.3. The van der Waals surface area contributed by atoms with Gasteiger partial charge in [-0.3, -0.25) is 0 Å². The molecule has 1 amide bonds. The lowest BCUT2D eigenvalue weighted by molar-refractivity contribution is 0.144. The van der Waals surface area contributed by atoms with Crippen LogP contribution in [0, 0.1) is 0 Å². The maximum absolute atomic E-state index is 11.5. The van der Waals surface area contributed by atoms with Crippen molar-refractivity contribution in [3.63, 3.8) is 0 Å². The van der Waals surface area contributed by atoms with Gasteiger partial charge in [0.2, 0.25) is 0 Å². The summed E-state index contributed by atoms with van der Waals surface area (Å²) in [6, 6.07) is 6.48. The standard InChI is InChI=1S/C18H27N3O2/c1-4-5-10-23-18(22)19-9-8-15-12-20-17-7-6-14(11-16(15)17)13-21(2)3/h6-7,11-12,20H,4-5,8-10,13H2,1-3H3,(H,19,22). The van der Waals surface area contributed by atoms with Crippen LogP contribution < -0.4 is 5.32 Å². The van der Waals surface area contributed by atoms with Gasteiger partial charge in [0.25, 0.3) is 0 Å². The number of ether oxygens (including phenoxy) is 1. The van der Waals surface area contributed by atoms with Gasteiger partial charge in [-0.25, -0.2) is 4.79 Å². The summed E-state index contributed by atoms with van der Waals surface area (Å²) in [5, 5.41) is 4.04. The van der Waals surface area contributed by atoms with Crippen molar-refractivity contribution >= 4 is 17.0 Å². The third kappa shape index (κ3) is 5.28. The van der Waals surface area contributed by atoms with Crippen LogP contribution in [-0.4, -0.2) is 43.2 Å². The van der Waals surface area contributed by atoms with Crippen LogP contribution in [-0.2, 0) is 17.7 Å². The van der Waals surface area contributed by atoms with Gasteiger partial charge in [-0.1, -0.05) is 19.4 Å². The first-order valence-electron chi connectivity index (χ1n) is 8.24. The SMILES string of the molecule is CCCCOC(=O)NCCc1c[nH]c2ccc(CN(C)C)cc12. The summed E-state index contributed by atoms with van der Waals surface area (Å²) in [7, 11) is 4.13. The Morgan fingerprint density at radius 2 is 2.17 bits per heavy atom. The van der Waals surface area contributed by atoms with Crippen molar-refractivity contribution in [1.82, 2.24) is 15.2 Å². The Kier molecular flexibility index (Phi) is 6.47. The smallest absolute Gasteiger partial charge is 0.407 e. The summed E-state index contributed by atoms with van der Waals surface area (Å²) < 4.78 is 5.09. The lowest BCUT2D eigenvalue weighted by Gasteiger charge is -2.10. The number of nitrogens with one attached hydrogen (secondary N) is 2. The van der Waals surface area contributed by atoms with E-state index in [0.29, 0.717) is 13.2 Å². The van der Waals surface area contributed by atoms with Gasteiger partial charge in [0.15, 0.2) is 0 Å². The minimum atomic E-state index is -0.327. The summed E-state index contributed by atoms with van der Waals surface area (Å²) in [5.41, 5.74) is 3.64. The molecule has 0 unspecified atom stereocenters. The van der Waals surface area contributed by atoms with Crippen molar-refractivity contribution in [3.05, 3.63) is 35.5 Å². The molecule has 0 radical (unpaired) electrons. The van der Waals surface area contributed by atoms with Crippen molar-refractivity contribution in [3.8, 4) is 0 Å². The van der Waals surface area contributed by atoms with Gasteiger partial charge in [0.05, 0.1) is 6.61 Å². The first-order valence-corrected chi connectivity index (χ1v) is 8.24. The fourth-order valence-electron chi connectivity index (χ4n) is 2.56. The Labute approximate surface area is 138 Å². The highest BCUT2D eigenvalue weighted by molar-refractivity contribution is 5.84. The van der Waals surface area contributed by atoms with Gasteiger partial charge in [0, 0.05) is 30.2 Å². The highest BCUT2D eigenvalue weighted by Crippen LogP contribution is 2.20. The molecule has 126 valence electrons. The lowest BCUT2D eigenvalue weighted by Crippen LogP contribution is -2.26. The second-order valence-corrected chi connectivity index (χ2v) is 6.10. The maximum Gasteiger partial charge on any atom is 0.407 e. The van der Waals surface area contributed by atoms with Gasteiger partial charge in [-0.2, -0.15) is 0 Å². The molecule has 0 aliphatic carbocycles. The van der Waals surface area contributed by atoms with Gasteiger partial charge in [-0.15, -0.1) is 0 Å². The van der Waals surface area contributed by atoms with Crippen LogP contribution in [0.5, 0.6) is 0 Å². The van der Waals surface area contributed by atoms with E-state index in [1.807, 2.05) is 6.20 Å². The Morgan fingerprint density at radius 3 is 2.91 bits per heavy atom. The molecule has 0 fully saturated rings. The number of carbonyl (C=O) groups is 1. The molecule has 1 aromatic carbocycles. The number of carbonyl (C=O) groups excluding carboxylic acids is 1. The van der Waals surface area contributed by atoms with E-state index < -0.39 is 0 Å². The van der Waals surface area contributed by atoms with E-state index in [4.69, 9.17) is 4.74 Å². The lowest BCUT2D eigenvalue weighted by atomic mass is 10.1. The van der Waals surface area contributed by atoms with E-state index in [-0.39, 0.29) is 6.09 Å². The van der Waals surface area contributed by atoms with Crippen LogP contribution in [0.3, 0.4) is 0 Å². The molecule has 23 heavy (non-hydrogen) atoms. The van der Waals surface area contributed by atoms with E-state index in [1.165, 1.54) is 16.5 Å². The first-order chi connectivity index (χ1) is 11.1. The van der Waals surface area contributed by atoms with Gasteiger partial charge >= 0.3 is 6.09 Å². The Morgan fingerprint density at radius 1 is 1.35 bits per heavy atom. The van der Waals surface area contributed by atoms with Crippen molar-refractivity contribution in [2.45, 2.75) is 32.7 Å². The molecule has 0 saturated carbocycles. The van der Waals surface area contributed by atoms with Crippen LogP contribution in [0.25, 0.3) is 10.9 Å². The zero-order valence-corrected chi connectivity index (χ0v) is 14.3. The Balaban J connectivity index is 1.91. The number of amides is 1. The predicted molar refractivity (Wildman–Crippen MR) is 93.7 cm³/mol. The van der Waals surface area contributed by atoms with Crippen LogP contribution in [0.1, 0.15) is 30.9 Å². The normalized spacial score (nSPS) is 11.1. The molecule has 0 saturated heterocycles. The van der Waals surface area contributed by atoms with E-state index in [2.05, 4.69) is 54.4 Å². The molecular weight excluding hydrogens is 290 g/mol. The second kappa shape index (κ2) is 8.58.